The van der Waals surface area contributed by atoms with Gasteiger partial charge in [-0.05, 0) is 6.07 Å². The summed E-state index contributed by atoms with van der Waals surface area (Å²) in [5.41, 5.74) is -0.884. The van der Waals surface area contributed by atoms with Crippen molar-refractivity contribution < 1.29 is 21.9 Å². The average molecular weight is 216 g/mol. The Labute approximate surface area is 72.3 Å². The van der Waals surface area contributed by atoms with Crippen LogP contribution < -0.4 is 0 Å². The fourth-order valence-electron chi connectivity index (χ4n) is 0.557. The second kappa shape index (κ2) is 3.15. The monoisotopic (exact) mass is 216 g/mol. The summed E-state index contributed by atoms with van der Waals surface area (Å²) in [6.07, 6.45) is -4.44. The Balaban J connectivity index is 3.00. The number of alkyl halides is 3. The van der Waals surface area contributed by atoms with E-state index in [9.17, 15) is 17.4 Å². The van der Waals surface area contributed by atoms with Crippen molar-refractivity contribution in [3.63, 3.8) is 0 Å². The largest absolute Gasteiger partial charge is 0.417 e. The van der Waals surface area contributed by atoms with Crippen LogP contribution in [0.25, 0.3) is 0 Å². The highest BCUT2D eigenvalue weighted by Gasteiger charge is 2.32. The van der Waals surface area contributed by atoms with Crippen molar-refractivity contribution in [3.05, 3.63) is 17.0 Å². The predicted molar refractivity (Wildman–Crippen MR) is 38.4 cm³/mol. The van der Waals surface area contributed by atoms with Gasteiger partial charge in [0.25, 0.3) is 0 Å². The van der Waals surface area contributed by atoms with Gasteiger partial charge in [0.1, 0.15) is 4.21 Å². The van der Waals surface area contributed by atoms with Gasteiger partial charge in [0.2, 0.25) is 0 Å². The molecule has 0 saturated heterocycles. The molecule has 1 rings (SSSR count). The highest BCUT2D eigenvalue weighted by molar-refractivity contribution is 7.81. The fourth-order valence-corrected chi connectivity index (χ4v) is 1.90. The Hall–Kier alpha value is -0.400. The maximum absolute atomic E-state index is 11.9. The molecule has 1 aromatic rings. The van der Waals surface area contributed by atoms with Crippen molar-refractivity contribution >= 4 is 22.4 Å². The van der Waals surface area contributed by atoms with Crippen LogP contribution in [0.2, 0.25) is 0 Å². The second-order valence-electron chi connectivity index (χ2n) is 1.90. The van der Waals surface area contributed by atoms with Crippen molar-refractivity contribution in [2.45, 2.75) is 10.4 Å². The van der Waals surface area contributed by atoms with Gasteiger partial charge < -0.3 is 4.55 Å². The molecule has 7 heteroatoms. The van der Waals surface area contributed by atoms with E-state index in [0.29, 0.717) is 17.4 Å². The van der Waals surface area contributed by atoms with Crippen LogP contribution >= 0.6 is 11.3 Å². The summed E-state index contributed by atoms with van der Waals surface area (Å²) in [4.78, 5) is 0. The molecule has 1 aromatic heterocycles. The van der Waals surface area contributed by atoms with Crippen molar-refractivity contribution in [2.75, 3.05) is 0 Å². The zero-order chi connectivity index (χ0) is 9.35. The normalized spacial score (nSPS) is 14.7. The van der Waals surface area contributed by atoms with E-state index in [0.717, 1.165) is 5.38 Å². The molecule has 68 valence electrons. The first-order valence-corrected chi connectivity index (χ1v) is 4.66. The predicted octanol–water partition coefficient (Wildman–Crippen LogP) is 2.35. The minimum atomic E-state index is -4.44. The molecule has 0 aliphatic rings. The van der Waals surface area contributed by atoms with Crippen molar-refractivity contribution in [2.24, 2.45) is 0 Å². The van der Waals surface area contributed by atoms with E-state index in [1.807, 2.05) is 0 Å². The van der Waals surface area contributed by atoms with Gasteiger partial charge in [-0.15, -0.1) is 11.3 Å². The summed E-state index contributed by atoms with van der Waals surface area (Å²) in [5, 5.41) is 0.809. The van der Waals surface area contributed by atoms with Crippen LogP contribution in [0.4, 0.5) is 13.2 Å². The molecule has 1 heterocycles. The molecule has 1 atom stereocenters. The quantitative estimate of drug-likeness (QED) is 0.731. The lowest BCUT2D eigenvalue weighted by Crippen LogP contribution is -2.02. The lowest BCUT2D eigenvalue weighted by Gasteiger charge is -2.00. The molecule has 1 unspecified atom stereocenters. The fraction of sp³-hybridized carbons (Fsp3) is 0.200. The van der Waals surface area contributed by atoms with Gasteiger partial charge in [0.05, 0.1) is 5.56 Å². The molecule has 2 nitrogen and oxygen atoms in total. The molecule has 1 N–H and O–H groups in total. The minimum Gasteiger partial charge on any atom is -0.302 e. The highest BCUT2D eigenvalue weighted by Crippen LogP contribution is 2.33. The molecule has 0 aliphatic carbocycles. The summed E-state index contributed by atoms with van der Waals surface area (Å²) in [5.74, 6) is 0. The van der Waals surface area contributed by atoms with E-state index in [1.165, 1.54) is 0 Å². The van der Waals surface area contributed by atoms with E-state index >= 15 is 0 Å². The minimum absolute atomic E-state index is 0.192. The van der Waals surface area contributed by atoms with Crippen molar-refractivity contribution in [3.8, 4) is 0 Å². The maximum atomic E-state index is 11.9. The van der Waals surface area contributed by atoms with E-state index in [2.05, 4.69) is 0 Å². The Kier molecular flexibility index (Phi) is 2.55. The van der Waals surface area contributed by atoms with Crippen molar-refractivity contribution in [1.82, 2.24) is 0 Å². The Bertz CT molecular complexity index is 304. The number of hydrogen-bond acceptors (Lipinski definition) is 2. The summed E-state index contributed by atoms with van der Waals surface area (Å²) in [7, 11) is 0. The van der Waals surface area contributed by atoms with E-state index < -0.39 is 22.8 Å². The zero-order valence-electron chi connectivity index (χ0n) is 5.46. The lowest BCUT2D eigenvalue weighted by molar-refractivity contribution is -0.137. The third-order valence-electron chi connectivity index (χ3n) is 1.07. The molecule has 0 radical (unpaired) electrons. The van der Waals surface area contributed by atoms with Gasteiger partial charge in [-0.1, -0.05) is 0 Å². The Morgan fingerprint density at radius 2 is 2.08 bits per heavy atom. The summed E-state index contributed by atoms with van der Waals surface area (Å²) < 4.78 is 54.2. The molecule has 0 amide bonds. The maximum Gasteiger partial charge on any atom is 0.417 e. The van der Waals surface area contributed by atoms with Crippen LogP contribution in [0.15, 0.2) is 15.7 Å². The first-order valence-electron chi connectivity index (χ1n) is 2.68. The zero-order valence-corrected chi connectivity index (χ0v) is 7.09. The third-order valence-corrected chi connectivity index (χ3v) is 2.98. The summed E-state index contributed by atoms with van der Waals surface area (Å²) in [6.45, 7) is 0. The number of hydrogen-bond donors (Lipinski definition) is 1. The first kappa shape index (κ1) is 9.69. The molecule has 0 fully saturated rings. The molecular weight excluding hydrogens is 213 g/mol. The standard InChI is InChI=1S/C5H3F3O2S2/c6-5(7,8)3-1-4(11-2-3)12(9)10/h1-2H,(H,9,10). The molecule has 0 spiro atoms. The first-order chi connectivity index (χ1) is 5.41. The SMILES string of the molecule is O=S(O)c1cc(C(F)(F)F)cs1. The highest BCUT2D eigenvalue weighted by atomic mass is 32.2. The molecule has 0 aliphatic heterocycles. The van der Waals surface area contributed by atoms with Gasteiger partial charge in [-0.3, -0.25) is 0 Å². The number of halogens is 3. The average Bonchev–Trinajstić information content (AvgIpc) is 2.30. The van der Waals surface area contributed by atoms with Crippen LogP contribution in [-0.2, 0) is 17.3 Å². The van der Waals surface area contributed by atoms with Gasteiger partial charge in [-0.25, -0.2) is 4.21 Å². The van der Waals surface area contributed by atoms with Crippen LogP contribution in [0.3, 0.4) is 0 Å². The van der Waals surface area contributed by atoms with Gasteiger partial charge in [0.15, 0.2) is 11.1 Å². The Morgan fingerprint density at radius 3 is 2.33 bits per heavy atom. The lowest BCUT2D eigenvalue weighted by atomic mass is 10.3. The Morgan fingerprint density at radius 1 is 1.50 bits per heavy atom. The van der Waals surface area contributed by atoms with E-state index in [1.54, 1.807) is 0 Å². The molecular formula is C5H3F3O2S2. The van der Waals surface area contributed by atoms with Crippen molar-refractivity contribution in [1.29, 1.82) is 0 Å². The topological polar surface area (TPSA) is 37.3 Å². The smallest absolute Gasteiger partial charge is 0.302 e. The van der Waals surface area contributed by atoms with Gasteiger partial charge in [0, 0.05) is 5.38 Å². The van der Waals surface area contributed by atoms with E-state index in [4.69, 9.17) is 4.55 Å². The second-order valence-corrected chi connectivity index (χ2v) is 4.01. The summed E-state index contributed by atoms with van der Waals surface area (Å²) >= 11 is -1.71. The van der Waals surface area contributed by atoms with Crippen LogP contribution in [0.5, 0.6) is 0 Å². The molecule has 0 aromatic carbocycles. The van der Waals surface area contributed by atoms with Crippen LogP contribution in [-0.4, -0.2) is 8.76 Å². The third kappa shape index (κ3) is 2.05. The van der Waals surface area contributed by atoms with Crippen LogP contribution in [0.1, 0.15) is 5.56 Å². The van der Waals surface area contributed by atoms with Crippen LogP contribution in [0, 0.1) is 0 Å². The molecule has 0 bridgehead atoms. The number of thiophene rings is 1. The van der Waals surface area contributed by atoms with E-state index in [-0.39, 0.29) is 4.21 Å². The number of rotatable bonds is 1. The van der Waals surface area contributed by atoms with Gasteiger partial charge in [-0.2, -0.15) is 13.2 Å². The van der Waals surface area contributed by atoms with Gasteiger partial charge >= 0.3 is 6.18 Å². The molecule has 12 heavy (non-hydrogen) atoms. The summed E-state index contributed by atoms with van der Waals surface area (Å²) in [6, 6.07) is 0.667. The molecule has 0 saturated carbocycles.